The van der Waals surface area contributed by atoms with Crippen molar-refractivity contribution in [2.75, 3.05) is 39.4 Å². The minimum atomic E-state index is -0.661. The number of nitrogens with zero attached hydrogens (tertiary/aromatic N) is 1. The van der Waals surface area contributed by atoms with Gasteiger partial charge in [-0.1, -0.05) is 13.3 Å². The summed E-state index contributed by atoms with van der Waals surface area (Å²) in [5.41, 5.74) is 1.92. The summed E-state index contributed by atoms with van der Waals surface area (Å²) in [5, 5.41) is 3.71. The van der Waals surface area contributed by atoms with Gasteiger partial charge in [0.1, 0.15) is 11.3 Å². The number of morpholine rings is 1. The molecule has 1 aliphatic rings. The van der Waals surface area contributed by atoms with Crippen molar-refractivity contribution < 1.29 is 18.7 Å². The average molecular weight is 402 g/mol. The molecule has 0 bridgehead atoms. The monoisotopic (exact) mass is 402 g/mol. The van der Waals surface area contributed by atoms with Gasteiger partial charge in [-0.3, -0.25) is 9.69 Å². The zero-order valence-corrected chi connectivity index (χ0v) is 17.5. The molecule has 1 aromatic carbocycles. The van der Waals surface area contributed by atoms with E-state index in [9.17, 15) is 9.59 Å². The van der Waals surface area contributed by atoms with E-state index in [0.29, 0.717) is 17.9 Å². The number of carbonyl (C=O) groups is 1. The fraction of sp³-hybridized carbons (Fsp3) is 0.545. The Morgan fingerprint density at radius 2 is 2.03 bits per heavy atom. The lowest BCUT2D eigenvalue weighted by Gasteiger charge is -2.26. The smallest absolute Gasteiger partial charge is 0.336 e. The van der Waals surface area contributed by atoms with Gasteiger partial charge in [0.2, 0.25) is 0 Å². The molecule has 0 spiro atoms. The summed E-state index contributed by atoms with van der Waals surface area (Å²) in [5.74, 6) is 0.408. The van der Waals surface area contributed by atoms with Crippen LogP contribution in [0.1, 0.15) is 31.4 Å². The van der Waals surface area contributed by atoms with E-state index in [1.54, 1.807) is 6.92 Å². The van der Waals surface area contributed by atoms with Crippen molar-refractivity contribution in [3.63, 3.8) is 0 Å². The lowest BCUT2D eigenvalue weighted by molar-refractivity contribution is -0.127. The van der Waals surface area contributed by atoms with Crippen LogP contribution in [0.25, 0.3) is 11.0 Å². The number of benzene rings is 1. The quantitative estimate of drug-likeness (QED) is 0.683. The second-order valence-electron chi connectivity index (χ2n) is 7.48. The van der Waals surface area contributed by atoms with Crippen molar-refractivity contribution in [1.29, 1.82) is 0 Å². The van der Waals surface area contributed by atoms with E-state index in [1.807, 2.05) is 19.1 Å². The fourth-order valence-electron chi connectivity index (χ4n) is 3.58. The molecule has 0 aliphatic carbocycles. The van der Waals surface area contributed by atoms with Crippen LogP contribution in [0.3, 0.4) is 0 Å². The highest BCUT2D eigenvalue weighted by molar-refractivity contribution is 5.88. The maximum Gasteiger partial charge on any atom is 0.336 e. The molecule has 0 saturated carbocycles. The third-order valence-corrected chi connectivity index (χ3v) is 5.06. The third kappa shape index (κ3) is 5.58. The number of fused-ring (bicyclic) bond motifs is 1. The first-order valence-electron chi connectivity index (χ1n) is 10.3. The molecule has 1 saturated heterocycles. The molecule has 1 aromatic heterocycles. The van der Waals surface area contributed by atoms with Crippen LogP contribution in [0, 0.1) is 6.92 Å². The molecule has 1 aliphatic heterocycles. The van der Waals surface area contributed by atoms with Gasteiger partial charge in [-0.15, -0.1) is 0 Å². The average Bonchev–Trinajstić information content (AvgIpc) is 2.68. The molecule has 3 rings (SSSR count). The first-order chi connectivity index (χ1) is 14.0. The van der Waals surface area contributed by atoms with Gasteiger partial charge in [-0.25, -0.2) is 4.79 Å². The Balaban J connectivity index is 1.70. The van der Waals surface area contributed by atoms with Crippen LogP contribution in [0.2, 0.25) is 0 Å². The van der Waals surface area contributed by atoms with E-state index in [4.69, 9.17) is 13.9 Å². The molecule has 0 unspecified atom stereocenters. The standard InChI is InChI=1S/C22H30N2O5/c1-4-5-17-14-20(25)29-19-13-15(2)12-18(21(17)19)28-16(3)22(26)23-6-7-24-8-10-27-11-9-24/h12-14,16H,4-11H2,1-3H3,(H,23,26)/t16-/m0/s1. The molecule has 1 N–H and O–H groups in total. The van der Waals surface area contributed by atoms with E-state index in [0.717, 1.165) is 62.2 Å². The van der Waals surface area contributed by atoms with Gasteiger partial charge >= 0.3 is 5.63 Å². The molecule has 158 valence electrons. The highest BCUT2D eigenvalue weighted by Crippen LogP contribution is 2.31. The number of amides is 1. The molecule has 1 fully saturated rings. The van der Waals surface area contributed by atoms with Gasteiger partial charge < -0.3 is 19.2 Å². The Labute approximate surface area is 171 Å². The van der Waals surface area contributed by atoms with Gasteiger partial charge in [0, 0.05) is 32.2 Å². The molecule has 1 amide bonds. The molecule has 0 radical (unpaired) electrons. The van der Waals surface area contributed by atoms with Gasteiger partial charge in [0.25, 0.3) is 5.91 Å². The number of nitrogens with one attached hydrogen (secondary N) is 1. The second kappa shape index (κ2) is 9.89. The Morgan fingerprint density at radius 3 is 2.76 bits per heavy atom. The second-order valence-corrected chi connectivity index (χ2v) is 7.48. The Morgan fingerprint density at radius 1 is 1.28 bits per heavy atom. The summed E-state index contributed by atoms with van der Waals surface area (Å²) < 4.78 is 16.8. The van der Waals surface area contributed by atoms with Crippen LogP contribution in [-0.4, -0.2) is 56.3 Å². The summed E-state index contributed by atoms with van der Waals surface area (Å²) >= 11 is 0. The van der Waals surface area contributed by atoms with Crippen LogP contribution in [0.4, 0.5) is 0 Å². The van der Waals surface area contributed by atoms with Crippen LogP contribution < -0.4 is 15.7 Å². The molecule has 7 nitrogen and oxygen atoms in total. The highest BCUT2D eigenvalue weighted by atomic mass is 16.5. The SMILES string of the molecule is CCCc1cc(=O)oc2cc(C)cc(O[C@@H](C)C(=O)NCCN3CCOCC3)c12. The van der Waals surface area contributed by atoms with Crippen molar-refractivity contribution in [3.05, 3.63) is 39.7 Å². The zero-order chi connectivity index (χ0) is 20.8. The van der Waals surface area contributed by atoms with E-state index in [1.165, 1.54) is 6.07 Å². The van der Waals surface area contributed by atoms with Crippen LogP contribution >= 0.6 is 0 Å². The molecule has 7 heteroatoms. The lowest BCUT2D eigenvalue weighted by atomic mass is 10.0. The van der Waals surface area contributed by atoms with E-state index < -0.39 is 6.10 Å². The predicted molar refractivity (Wildman–Crippen MR) is 112 cm³/mol. The summed E-state index contributed by atoms with van der Waals surface area (Å²) in [6.07, 6.45) is 0.969. The predicted octanol–water partition coefficient (Wildman–Crippen LogP) is 2.27. The van der Waals surface area contributed by atoms with E-state index in [2.05, 4.69) is 17.1 Å². The maximum absolute atomic E-state index is 12.5. The topological polar surface area (TPSA) is 81.0 Å². The van der Waals surface area contributed by atoms with Crippen LogP contribution in [0.15, 0.2) is 27.4 Å². The Hall–Kier alpha value is -2.38. The summed E-state index contributed by atoms with van der Waals surface area (Å²) in [4.78, 5) is 26.7. The molecule has 29 heavy (non-hydrogen) atoms. The first-order valence-corrected chi connectivity index (χ1v) is 10.3. The Kier molecular flexibility index (Phi) is 7.28. The summed E-state index contributed by atoms with van der Waals surface area (Å²) in [7, 11) is 0. The lowest BCUT2D eigenvalue weighted by Crippen LogP contribution is -2.43. The number of carbonyl (C=O) groups excluding carboxylic acids is 1. The van der Waals surface area contributed by atoms with Crippen molar-refractivity contribution in [3.8, 4) is 5.75 Å². The minimum Gasteiger partial charge on any atom is -0.480 e. The maximum atomic E-state index is 12.5. The van der Waals surface area contributed by atoms with E-state index >= 15 is 0 Å². The van der Waals surface area contributed by atoms with Gasteiger partial charge in [0.05, 0.1) is 18.6 Å². The van der Waals surface area contributed by atoms with Gasteiger partial charge in [0.15, 0.2) is 6.10 Å². The Bertz CT molecular complexity index is 902. The number of hydrogen-bond acceptors (Lipinski definition) is 6. The number of rotatable bonds is 8. The molecule has 2 heterocycles. The minimum absolute atomic E-state index is 0.164. The largest absolute Gasteiger partial charge is 0.480 e. The van der Waals surface area contributed by atoms with Crippen LogP contribution in [-0.2, 0) is 16.0 Å². The number of aryl methyl sites for hydroxylation is 2. The number of hydrogen-bond donors (Lipinski definition) is 1. The summed E-state index contributed by atoms with van der Waals surface area (Å²) in [6, 6.07) is 5.23. The molecular formula is C22H30N2O5. The fourth-order valence-corrected chi connectivity index (χ4v) is 3.58. The molecule has 2 aromatic rings. The number of ether oxygens (including phenoxy) is 2. The van der Waals surface area contributed by atoms with Crippen molar-refractivity contribution in [2.45, 2.75) is 39.7 Å². The van der Waals surface area contributed by atoms with Crippen molar-refractivity contribution >= 4 is 16.9 Å². The third-order valence-electron chi connectivity index (χ3n) is 5.06. The van der Waals surface area contributed by atoms with Gasteiger partial charge in [-0.05, 0) is 43.5 Å². The van der Waals surface area contributed by atoms with E-state index in [-0.39, 0.29) is 11.5 Å². The highest BCUT2D eigenvalue weighted by Gasteiger charge is 2.19. The normalized spacial score (nSPS) is 16.0. The molecular weight excluding hydrogens is 372 g/mol. The zero-order valence-electron chi connectivity index (χ0n) is 17.5. The summed E-state index contributed by atoms with van der Waals surface area (Å²) in [6.45, 7) is 10.3. The first kappa shape index (κ1) is 21.3. The molecule has 1 atom stereocenters. The van der Waals surface area contributed by atoms with Crippen LogP contribution in [0.5, 0.6) is 5.75 Å². The van der Waals surface area contributed by atoms with Crippen molar-refractivity contribution in [2.24, 2.45) is 0 Å². The van der Waals surface area contributed by atoms with Gasteiger partial charge in [-0.2, -0.15) is 0 Å². The van der Waals surface area contributed by atoms with Crippen molar-refractivity contribution in [1.82, 2.24) is 10.2 Å².